The molecule has 22 heavy (non-hydrogen) atoms. The highest BCUT2D eigenvalue weighted by Gasteiger charge is 2.45. The van der Waals surface area contributed by atoms with Crippen LogP contribution < -0.4 is 5.32 Å². The number of hydrogen-bond donors (Lipinski definition) is 2. The summed E-state index contributed by atoms with van der Waals surface area (Å²) in [6.07, 6.45) is 1.12. The van der Waals surface area contributed by atoms with Crippen LogP contribution in [0.1, 0.15) is 23.2 Å². The summed E-state index contributed by atoms with van der Waals surface area (Å²) in [4.78, 5) is 35.6. The van der Waals surface area contributed by atoms with Crippen molar-refractivity contribution >= 4 is 17.5 Å². The first-order valence-electron chi connectivity index (χ1n) is 6.93. The second-order valence-corrected chi connectivity index (χ2v) is 5.93. The fourth-order valence-electron chi connectivity index (χ4n) is 3.16. The highest BCUT2D eigenvalue weighted by Crippen LogP contribution is 2.37. The normalized spacial score (nSPS) is 23.8. The first-order chi connectivity index (χ1) is 10.4. The van der Waals surface area contributed by atoms with Crippen LogP contribution in [0.5, 0.6) is 5.75 Å². The minimum Gasteiger partial charge on any atom is -0.508 e. The monoisotopic (exact) mass is 305 g/mol. The maximum absolute atomic E-state index is 12.5. The van der Waals surface area contributed by atoms with Gasteiger partial charge in [-0.1, -0.05) is 0 Å². The van der Waals surface area contributed by atoms with Gasteiger partial charge >= 0.3 is 0 Å². The van der Waals surface area contributed by atoms with Crippen LogP contribution in [-0.4, -0.2) is 46.4 Å². The molecule has 3 rings (SSSR count). The molecule has 0 aromatic heterocycles. The lowest BCUT2D eigenvalue weighted by Gasteiger charge is -2.21. The molecule has 0 saturated carbocycles. The lowest BCUT2D eigenvalue weighted by atomic mass is 9.86. The summed E-state index contributed by atoms with van der Waals surface area (Å²) in [5.41, 5.74) is -0.466. The predicted molar refractivity (Wildman–Crippen MR) is 75.3 cm³/mol. The van der Waals surface area contributed by atoms with Crippen molar-refractivity contribution in [1.29, 1.82) is 0 Å². The van der Waals surface area contributed by atoms with Gasteiger partial charge in [-0.15, -0.1) is 0 Å². The molecular formula is C14H15N3O5. The minimum atomic E-state index is -0.651. The topological polar surface area (TPSA) is 113 Å². The fourth-order valence-corrected chi connectivity index (χ4v) is 3.16. The molecule has 2 aliphatic rings. The number of phenols is 1. The fraction of sp³-hybridized carbons (Fsp3) is 0.429. The maximum Gasteiger partial charge on any atom is 0.273 e. The molecule has 1 aromatic rings. The Bertz CT molecular complexity index is 674. The van der Waals surface area contributed by atoms with Crippen LogP contribution in [0.4, 0.5) is 5.69 Å². The second-order valence-electron chi connectivity index (χ2n) is 5.93. The van der Waals surface area contributed by atoms with Crippen LogP contribution in [0, 0.1) is 15.5 Å². The Morgan fingerprint density at radius 1 is 1.41 bits per heavy atom. The summed E-state index contributed by atoms with van der Waals surface area (Å²) >= 11 is 0. The van der Waals surface area contributed by atoms with Crippen LogP contribution in [-0.2, 0) is 4.79 Å². The summed E-state index contributed by atoms with van der Waals surface area (Å²) in [5.74, 6) is -0.693. The number of rotatable bonds is 2. The largest absolute Gasteiger partial charge is 0.508 e. The SMILES string of the molecule is O=C1CC2(CCN(C(=O)c3cc(O)cc([N+](=O)[O-])c3)C2)CN1. The van der Waals surface area contributed by atoms with Gasteiger partial charge in [0.1, 0.15) is 5.75 Å². The maximum atomic E-state index is 12.5. The number of carbonyl (C=O) groups excluding carboxylic acids is 2. The third-order valence-corrected chi connectivity index (χ3v) is 4.28. The molecule has 2 amide bonds. The number of amides is 2. The number of non-ortho nitro benzene ring substituents is 1. The number of nitrogens with zero attached hydrogens (tertiary/aromatic N) is 2. The Morgan fingerprint density at radius 2 is 2.18 bits per heavy atom. The molecule has 1 aromatic carbocycles. The zero-order valence-corrected chi connectivity index (χ0v) is 11.7. The highest BCUT2D eigenvalue weighted by molar-refractivity contribution is 5.95. The van der Waals surface area contributed by atoms with E-state index in [-0.39, 0.29) is 34.2 Å². The molecule has 2 N–H and O–H groups in total. The van der Waals surface area contributed by atoms with Crippen LogP contribution in [0.2, 0.25) is 0 Å². The van der Waals surface area contributed by atoms with Gasteiger partial charge in [0.25, 0.3) is 11.6 Å². The van der Waals surface area contributed by atoms with Crippen molar-refractivity contribution in [2.24, 2.45) is 5.41 Å². The average molecular weight is 305 g/mol. The molecule has 0 aliphatic carbocycles. The number of phenolic OH excluding ortho intramolecular Hbond substituents is 1. The van der Waals surface area contributed by atoms with Gasteiger partial charge in [0.05, 0.1) is 16.6 Å². The van der Waals surface area contributed by atoms with Crippen molar-refractivity contribution in [3.8, 4) is 5.75 Å². The van der Waals surface area contributed by atoms with Crippen molar-refractivity contribution < 1.29 is 19.6 Å². The standard InChI is InChI=1S/C14H15N3O5/c18-11-4-9(3-10(5-11)17(21)22)13(20)16-2-1-14(8-16)6-12(19)15-7-14/h3-5,18H,1-2,6-8H2,(H,15,19). The molecule has 1 unspecified atom stereocenters. The van der Waals surface area contributed by atoms with Crippen molar-refractivity contribution in [2.45, 2.75) is 12.8 Å². The van der Waals surface area contributed by atoms with Crippen molar-refractivity contribution in [1.82, 2.24) is 10.2 Å². The molecule has 2 heterocycles. The van der Waals surface area contributed by atoms with Crippen molar-refractivity contribution in [3.63, 3.8) is 0 Å². The van der Waals surface area contributed by atoms with Gasteiger partial charge in [-0.2, -0.15) is 0 Å². The lowest BCUT2D eigenvalue weighted by Crippen LogP contribution is -2.33. The smallest absolute Gasteiger partial charge is 0.273 e. The summed E-state index contributed by atoms with van der Waals surface area (Å²) < 4.78 is 0. The van der Waals surface area contributed by atoms with Gasteiger partial charge in [0.15, 0.2) is 0 Å². The van der Waals surface area contributed by atoms with E-state index in [9.17, 15) is 24.8 Å². The molecule has 8 heteroatoms. The zero-order valence-electron chi connectivity index (χ0n) is 11.7. The third kappa shape index (κ3) is 2.47. The van der Waals surface area contributed by atoms with Gasteiger partial charge < -0.3 is 15.3 Å². The Hall–Kier alpha value is -2.64. The molecule has 8 nitrogen and oxygen atoms in total. The predicted octanol–water partition coefficient (Wildman–Crippen LogP) is 0.653. The number of benzene rings is 1. The number of nitro groups is 1. The molecule has 2 saturated heterocycles. The molecular weight excluding hydrogens is 290 g/mol. The van der Waals surface area contributed by atoms with Crippen molar-refractivity contribution in [3.05, 3.63) is 33.9 Å². The third-order valence-electron chi connectivity index (χ3n) is 4.28. The van der Waals surface area contributed by atoms with E-state index in [1.807, 2.05) is 0 Å². The van der Waals surface area contributed by atoms with Crippen LogP contribution in [0.25, 0.3) is 0 Å². The van der Waals surface area contributed by atoms with Crippen LogP contribution >= 0.6 is 0 Å². The van der Waals surface area contributed by atoms with E-state index in [0.717, 1.165) is 18.6 Å². The van der Waals surface area contributed by atoms with E-state index in [0.29, 0.717) is 26.1 Å². The van der Waals surface area contributed by atoms with Crippen LogP contribution in [0.15, 0.2) is 18.2 Å². The summed E-state index contributed by atoms with van der Waals surface area (Å²) in [6, 6.07) is 3.38. The second kappa shape index (κ2) is 4.97. The Labute approximate surface area is 125 Å². The van der Waals surface area contributed by atoms with Gasteiger partial charge in [-0.25, -0.2) is 0 Å². The van der Waals surface area contributed by atoms with Gasteiger partial charge in [-0.05, 0) is 12.5 Å². The Morgan fingerprint density at radius 3 is 2.82 bits per heavy atom. The first kappa shape index (κ1) is 14.3. The average Bonchev–Trinajstić information content (AvgIpc) is 3.04. The van der Waals surface area contributed by atoms with Crippen molar-refractivity contribution in [2.75, 3.05) is 19.6 Å². The Kier molecular flexibility index (Phi) is 3.23. The van der Waals surface area contributed by atoms with E-state index in [1.165, 1.54) is 6.07 Å². The number of likely N-dealkylation sites (tertiary alicyclic amines) is 1. The van der Waals surface area contributed by atoms with E-state index in [2.05, 4.69) is 5.32 Å². The lowest BCUT2D eigenvalue weighted by molar-refractivity contribution is -0.385. The number of hydrogen-bond acceptors (Lipinski definition) is 5. The Balaban J connectivity index is 1.80. The van der Waals surface area contributed by atoms with E-state index in [1.54, 1.807) is 4.90 Å². The molecule has 2 fully saturated rings. The summed E-state index contributed by atoms with van der Waals surface area (Å²) in [6.45, 7) is 1.49. The van der Waals surface area contributed by atoms with E-state index in [4.69, 9.17) is 0 Å². The molecule has 0 radical (unpaired) electrons. The van der Waals surface area contributed by atoms with E-state index < -0.39 is 4.92 Å². The zero-order chi connectivity index (χ0) is 15.9. The number of carbonyl (C=O) groups is 2. The molecule has 0 bridgehead atoms. The minimum absolute atomic E-state index is 0.0118. The number of nitro benzene ring substituents is 1. The molecule has 1 atom stereocenters. The first-order valence-corrected chi connectivity index (χ1v) is 6.93. The number of nitrogens with one attached hydrogen (secondary N) is 1. The summed E-state index contributed by atoms with van der Waals surface area (Å²) in [7, 11) is 0. The quantitative estimate of drug-likeness (QED) is 0.615. The molecule has 1 spiro atoms. The number of aromatic hydroxyl groups is 1. The van der Waals surface area contributed by atoms with Crippen LogP contribution in [0.3, 0.4) is 0 Å². The van der Waals surface area contributed by atoms with Gasteiger partial charge in [0.2, 0.25) is 5.91 Å². The molecule has 2 aliphatic heterocycles. The summed E-state index contributed by atoms with van der Waals surface area (Å²) in [5, 5.41) is 23.1. The van der Waals surface area contributed by atoms with Gasteiger partial charge in [-0.3, -0.25) is 19.7 Å². The van der Waals surface area contributed by atoms with E-state index >= 15 is 0 Å². The molecule has 116 valence electrons. The highest BCUT2D eigenvalue weighted by atomic mass is 16.6. The van der Waals surface area contributed by atoms with Gasteiger partial charge in [0, 0.05) is 37.5 Å².